The summed E-state index contributed by atoms with van der Waals surface area (Å²) in [6.07, 6.45) is 2.34. The predicted octanol–water partition coefficient (Wildman–Crippen LogP) is 2.12. The van der Waals surface area contributed by atoms with E-state index in [1.54, 1.807) is 0 Å². The van der Waals surface area contributed by atoms with E-state index in [1.807, 2.05) is 0 Å². The number of nitrogens with zero attached hydrogens (tertiary/aromatic N) is 3. The minimum absolute atomic E-state index is 0.0604. The molecular formula is C14H15N3O4. The molecule has 0 N–H and O–H groups in total. The van der Waals surface area contributed by atoms with E-state index in [1.165, 1.54) is 30.2 Å². The molecule has 0 aromatic heterocycles. The topological polar surface area (TPSA) is 96.5 Å². The molecule has 0 aliphatic carbocycles. The second-order valence-corrected chi connectivity index (χ2v) is 4.75. The van der Waals surface area contributed by atoms with E-state index in [2.05, 4.69) is 6.07 Å². The SMILES string of the molecule is COc1c(C(=O)N2CCCCC2C#N)cccc1[N+](=O)[O-]. The van der Waals surface area contributed by atoms with E-state index in [4.69, 9.17) is 10.00 Å². The van der Waals surface area contributed by atoms with Gasteiger partial charge >= 0.3 is 5.69 Å². The van der Waals surface area contributed by atoms with E-state index in [0.29, 0.717) is 13.0 Å². The van der Waals surface area contributed by atoms with Gasteiger partial charge in [-0.1, -0.05) is 6.07 Å². The molecule has 0 spiro atoms. The largest absolute Gasteiger partial charge is 0.490 e. The molecule has 21 heavy (non-hydrogen) atoms. The van der Waals surface area contributed by atoms with Crippen LogP contribution in [-0.2, 0) is 0 Å². The lowest BCUT2D eigenvalue weighted by Gasteiger charge is -2.31. The molecule has 1 saturated heterocycles. The van der Waals surface area contributed by atoms with E-state index < -0.39 is 16.9 Å². The molecule has 1 heterocycles. The third kappa shape index (κ3) is 2.79. The maximum atomic E-state index is 12.6. The minimum Gasteiger partial charge on any atom is -0.490 e. The lowest BCUT2D eigenvalue weighted by Crippen LogP contribution is -2.43. The highest BCUT2D eigenvalue weighted by molar-refractivity contribution is 5.98. The second-order valence-electron chi connectivity index (χ2n) is 4.75. The number of carbonyl (C=O) groups is 1. The average molecular weight is 289 g/mol. The number of nitro benzene ring substituents is 1. The number of para-hydroxylation sites is 1. The zero-order valence-electron chi connectivity index (χ0n) is 11.6. The minimum atomic E-state index is -0.590. The van der Waals surface area contributed by atoms with Crippen LogP contribution in [0, 0.1) is 21.4 Å². The third-order valence-electron chi connectivity index (χ3n) is 3.54. The van der Waals surface area contributed by atoms with Crippen molar-refractivity contribution >= 4 is 11.6 Å². The maximum Gasteiger partial charge on any atom is 0.311 e. The monoisotopic (exact) mass is 289 g/mol. The van der Waals surface area contributed by atoms with E-state index in [-0.39, 0.29) is 17.0 Å². The molecule has 1 unspecified atom stereocenters. The fraction of sp³-hybridized carbons (Fsp3) is 0.429. The van der Waals surface area contributed by atoms with Gasteiger partial charge in [0, 0.05) is 12.6 Å². The van der Waals surface area contributed by atoms with Gasteiger partial charge in [0.1, 0.15) is 6.04 Å². The summed E-state index contributed by atoms with van der Waals surface area (Å²) in [6.45, 7) is 0.475. The Balaban J connectivity index is 2.41. The number of nitriles is 1. The van der Waals surface area contributed by atoms with Crippen LogP contribution in [0.1, 0.15) is 29.6 Å². The van der Waals surface area contributed by atoms with Crippen LogP contribution < -0.4 is 4.74 Å². The lowest BCUT2D eigenvalue weighted by molar-refractivity contribution is -0.385. The number of piperidine rings is 1. The molecular weight excluding hydrogens is 274 g/mol. The number of methoxy groups -OCH3 is 1. The van der Waals surface area contributed by atoms with Crippen molar-refractivity contribution in [2.24, 2.45) is 0 Å². The highest BCUT2D eigenvalue weighted by Crippen LogP contribution is 2.32. The first-order chi connectivity index (χ1) is 10.1. The molecule has 1 atom stereocenters. The van der Waals surface area contributed by atoms with Crippen LogP contribution in [-0.4, -0.2) is 35.4 Å². The highest BCUT2D eigenvalue weighted by atomic mass is 16.6. The van der Waals surface area contributed by atoms with Gasteiger partial charge in [-0.2, -0.15) is 5.26 Å². The molecule has 2 rings (SSSR count). The van der Waals surface area contributed by atoms with Crippen molar-refractivity contribution in [1.29, 1.82) is 5.26 Å². The first-order valence-corrected chi connectivity index (χ1v) is 6.62. The van der Waals surface area contributed by atoms with Gasteiger partial charge < -0.3 is 9.64 Å². The predicted molar refractivity (Wildman–Crippen MR) is 73.9 cm³/mol. The van der Waals surface area contributed by atoms with Crippen molar-refractivity contribution in [3.05, 3.63) is 33.9 Å². The van der Waals surface area contributed by atoms with Crippen LogP contribution in [0.3, 0.4) is 0 Å². The van der Waals surface area contributed by atoms with Gasteiger partial charge in [0.2, 0.25) is 5.75 Å². The van der Waals surface area contributed by atoms with Gasteiger partial charge in [-0.15, -0.1) is 0 Å². The summed E-state index contributed by atoms with van der Waals surface area (Å²) in [4.78, 5) is 24.5. The average Bonchev–Trinajstić information content (AvgIpc) is 2.53. The number of ether oxygens (including phenoxy) is 1. The van der Waals surface area contributed by atoms with Gasteiger partial charge in [0.15, 0.2) is 0 Å². The molecule has 1 fully saturated rings. The van der Waals surface area contributed by atoms with Crippen molar-refractivity contribution in [2.45, 2.75) is 25.3 Å². The number of rotatable bonds is 3. The zero-order chi connectivity index (χ0) is 15.4. The summed E-state index contributed by atoms with van der Waals surface area (Å²) in [7, 11) is 1.29. The summed E-state index contributed by atoms with van der Waals surface area (Å²) >= 11 is 0. The molecule has 7 nitrogen and oxygen atoms in total. The summed E-state index contributed by atoms with van der Waals surface area (Å²) in [5.41, 5.74) is -0.136. The number of carbonyl (C=O) groups excluding carboxylic acids is 1. The van der Waals surface area contributed by atoms with Crippen LogP contribution in [0.15, 0.2) is 18.2 Å². The second kappa shape index (κ2) is 6.22. The Hall–Kier alpha value is -2.62. The standard InChI is InChI=1S/C14H15N3O4/c1-21-13-11(6-4-7-12(13)17(19)20)14(18)16-8-3-2-5-10(16)9-15/h4,6-7,10H,2-3,5,8H2,1H3. The smallest absolute Gasteiger partial charge is 0.311 e. The zero-order valence-corrected chi connectivity index (χ0v) is 11.6. The Bertz CT molecular complexity index is 609. The lowest BCUT2D eigenvalue weighted by atomic mass is 10.0. The first-order valence-electron chi connectivity index (χ1n) is 6.62. The van der Waals surface area contributed by atoms with Gasteiger partial charge in [-0.3, -0.25) is 14.9 Å². The number of benzene rings is 1. The van der Waals surface area contributed by atoms with Gasteiger partial charge in [-0.05, 0) is 25.3 Å². The Kier molecular flexibility index (Phi) is 4.38. The molecule has 1 aromatic carbocycles. The van der Waals surface area contributed by atoms with Crippen LogP contribution in [0.25, 0.3) is 0 Å². The summed E-state index contributed by atoms with van der Waals surface area (Å²) in [5, 5.41) is 20.1. The Morgan fingerprint density at radius 1 is 1.52 bits per heavy atom. The Morgan fingerprint density at radius 2 is 2.29 bits per heavy atom. The Labute approximate surface area is 121 Å². The molecule has 110 valence electrons. The van der Waals surface area contributed by atoms with Gasteiger partial charge in [0.05, 0.1) is 23.7 Å². The van der Waals surface area contributed by atoms with E-state index in [9.17, 15) is 14.9 Å². The quantitative estimate of drug-likeness (QED) is 0.627. The maximum absolute atomic E-state index is 12.6. The third-order valence-corrected chi connectivity index (χ3v) is 3.54. The van der Waals surface area contributed by atoms with Crippen LogP contribution in [0.5, 0.6) is 5.75 Å². The number of hydrogen-bond acceptors (Lipinski definition) is 5. The van der Waals surface area contributed by atoms with Crippen molar-refractivity contribution in [3.8, 4) is 11.8 Å². The molecule has 1 aliphatic rings. The van der Waals surface area contributed by atoms with Crippen molar-refractivity contribution in [3.63, 3.8) is 0 Å². The van der Waals surface area contributed by atoms with Crippen LogP contribution in [0.2, 0.25) is 0 Å². The highest BCUT2D eigenvalue weighted by Gasteiger charge is 2.31. The molecule has 1 aromatic rings. The summed E-state index contributed by atoms with van der Waals surface area (Å²) < 4.78 is 5.05. The normalized spacial score (nSPS) is 17.9. The van der Waals surface area contributed by atoms with Gasteiger partial charge in [0.25, 0.3) is 5.91 Å². The van der Waals surface area contributed by atoms with Gasteiger partial charge in [-0.25, -0.2) is 0 Å². The summed E-state index contributed by atoms with van der Waals surface area (Å²) in [6, 6.07) is 5.83. The number of hydrogen-bond donors (Lipinski definition) is 0. The number of likely N-dealkylation sites (tertiary alicyclic amines) is 1. The van der Waals surface area contributed by atoms with Crippen LogP contribution in [0.4, 0.5) is 5.69 Å². The van der Waals surface area contributed by atoms with Crippen molar-refractivity contribution in [1.82, 2.24) is 4.90 Å². The fourth-order valence-corrected chi connectivity index (χ4v) is 2.52. The molecule has 0 radical (unpaired) electrons. The van der Waals surface area contributed by atoms with E-state index >= 15 is 0 Å². The molecule has 1 amide bonds. The van der Waals surface area contributed by atoms with Crippen molar-refractivity contribution in [2.75, 3.05) is 13.7 Å². The first kappa shape index (κ1) is 14.8. The molecule has 1 aliphatic heterocycles. The molecule has 0 saturated carbocycles. The van der Waals surface area contributed by atoms with Crippen molar-refractivity contribution < 1.29 is 14.5 Å². The van der Waals surface area contributed by atoms with E-state index in [0.717, 1.165) is 12.8 Å². The summed E-state index contributed by atoms with van der Waals surface area (Å²) in [5.74, 6) is -0.462. The molecule has 0 bridgehead atoms. The van der Waals surface area contributed by atoms with Crippen LogP contribution >= 0.6 is 0 Å². The fourth-order valence-electron chi connectivity index (χ4n) is 2.52. The Morgan fingerprint density at radius 3 is 2.90 bits per heavy atom. The number of amides is 1. The number of nitro groups is 1. The molecule has 7 heteroatoms.